The van der Waals surface area contributed by atoms with Gasteiger partial charge >= 0.3 is 6.09 Å². The van der Waals surface area contributed by atoms with Gasteiger partial charge in [-0.25, -0.2) is 4.79 Å². The Labute approximate surface area is 221 Å². The Morgan fingerprint density at radius 3 is 1.86 bits per heavy atom. The summed E-state index contributed by atoms with van der Waals surface area (Å²) in [5, 5.41) is 14.0. The lowest BCUT2D eigenvalue weighted by Crippen LogP contribution is -2.44. The van der Waals surface area contributed by atoms with E-state index in [0.717, 1.165) is 17.5 Å². The minimum Gasteiger partial charge on any atom is -0.445 e. The Kier molecular flexibility index (Phi) is 10.9. The quantitative estimate of drug-likeness (QED) is 0.294. The number of carbonyl (C=O) groups excluding carboxylic acids is 1. The summed E-state index contributed by atoms with van der Waals surface area (Å²) in [5.41, 5.74) is 2.86. The monoisotopic (exact) mass is 501 g/mol. The number of carbonyl (C=O) groups is 1. The normalized spacial score (nSPS) is 14.2. The maximum Gasteiger partial charge on any atom is 0.407 e. The van der Waals surface area contributed by atoms with Gasteiger partial charge in [-0.05, 0) is 50.3 Å². The van der Waals surface area contributed by atoms with Crippen molar-refractivity contribution in [3.63, 3.8) is 0 Å². The number of aliphatic hydroxyl groups excluding tert-OH is 1. The molecule has 2 N–H and O–H groups in total. The Balaban J connectivity index is 1.69. The first-order valence-corrected chi connectivity index (χ1v) is 12.8. The second-order valence-electron chi connectivity index (χ2n) is 10.3. The summed E-state index contributed by atoms with van der Waals surface area (Å²) in [4.78, 5) is 12.6. The highest BCUT2D eigenvalue weighted by Crippen LogP contribution is 2.17. The van der Waals surface area contributed by atoms with Gasteiger partial charge in [0.1, 0.15) is 6.61 Å². The number of benzene rings is 3. The van der Waals surface area contributed by atoms with Crippen molar-refractivity contribution in [2.24, 2.45) is 5.92 Å². The first-order valence-electron chi connectivity index (χ1n) is 12.8. The number of hydrogen-bond donors (Lipinski definition) is 2. The van der Waals surface area contributed by atoms with E-state index in [1.807, 2.05) is 106 Å². The van der Waals surface area contributed by atoms with E-state index in [2.05, 4.69) is 17.4 Å². The summed E-state index contributed by atoms with van der Waals surface area (Å²) in [7, 11) is 0. The molecule has 37 heavy (non-hydrogen) atoms. The molecule has 1 amide bonds. The molecule has 0 spiro atoms. The van der Waals surface area contributed by atoms with Crippen molar-refractivity contribution in [3.05, 3.63) is 120 Å². The zero-order chi connectivity index (χ0) is 26.5. The molecular formula is C32H39NO4. The van der Waals surface area contributed by atoms with E-state index < -0.39 is 18.2 Å². The smallest absolute Gasteiger partial charge is 0.407 e. The van der Waals surface area contributed by atoms with E-state index in [1.165, 1.54) is 5.56 Å². The number of ether oxygens (including phenoxy) is 2. The van der Waals surface area contributed by atoms with Gasteiger partial charge in [0.2, 0.25) is 0 Å². The van der Waals surface area contributed by atoms with Crippen LogP contribution in [-0.2, 0) is 28.9 Å². The Morgan fingerprint density at radius 1 is 0.811 bits per heavy atom. The third-order valence-corrected chi connectivity index (χ3v) is 5.88. The van der Waals surface area contributed by atoms with Crippen LogP contribution >= 0.6 is 0 Å². The van der Waals surface area contributed by atoms with Gasteiger partial charge in [0.15, 0.2) is 0 Å². The lowest BCUT2D eigenvalue weighted by molar-refractivity contribution is -0.0153. The molecule has 3 aromatic rings. The van der Waals surface area contributed by atoms with Crippen LogP contribution in [0.25, 0.3) is 0 Å². The number of rotatable bonds is 12. The summed E-state index contributed by atoms with van der Waals surface area (Å²) in [6, 6.07) is 29.0. The predicted octanol–water partition coefficient (Wildman–Crippen LogP) is 6.12. The molecule has 0 aliphatic rings. The van der Waals surface area contributed by atoms with Crippen molar-refractivity contribution in [1.29, 1.82) is 0 Å². The van der Waals surface area contributed by atoms with Gasteiger partial charge < -0.3 is 19.9 Å². The third-order valence-electron chi connectivity index (χ3n) is 5.88. The van der Waals surface area contributed by atoms with Gasteiger partial charge in [0, 0.05) is 5.92 Å². The average molecular weight is 502 g/mol. The lowest BCUT2D eigenvalue weighted by Gasteiger charge is -2.25. The average Bonchev–Trinajstić information content (AvgIpc) is 2.90. The molecule has 5 heteroatoms. The van der Waals surface area contributed by atoms with E-state index in [9.17, 15) is 9.90 Å². The molecule has 3 atom stereocenters. The molecule has 0 radical (unpaired) electrons. The molecule has 3 rings (SSSR count). The first kappa shape index (κ1) is 28.2. The van der Waals surface area contributed by atoms with Crippen LogP contribution in [0.5, 0.6) is 0 Å². The molecule has 0 bridgehead atoms. The van der Waals surface area contributed by atoms with Gasteiger partial charge in [-0.3, -0.25) is 0 Å². The van der Waals surface area contributed by atoms with E-state index in [1.54, 1.807) is 6.08 Å². The van der Waals surface area contributed by atoms with E-state index >= 15 is 0 Å². The fraction of sp³-hybridized carbons (Fsp3) is 0.344. The SMILES string of the molecule is CC(C)(C)OC[C@@H](/C=C/[C@@H](O)[C@H](Cc1ccccc1)NC(=O)OCc1ccccc1)Cc1ccccc1. The summed E-state index contributed by atoms with van der Waals surface area (Å²) in [6.45, 7) is 6.79. The zero-order valence-electron chi connectivity index (χ0n) is 22.0. The van der Waals surface area contributed by atoms with Crippen LogP contribution in [0.3, 0.4) is 0 Å². The van der Waals surface area contributed by atoms with Crippen molar-refractivity contribution < 1.29 is 19.4 Å². The van der Waals surface area contributed by atoms with Gasteiger partial charge in [-0.2, -0.15) is 0 Å². The van der Waals surface area contributed by atoms with Crippen molar-refractivity contribution in [1.82, 2.24) is 5.32 Å². The molecule has 5 nitrogen and oxygen atoms in total. The molecule has 0 saturated carbocycles. The number of amides is 1. The topological polar surface area (TPSA) is 67.8 Å². The maximum absolute atomic E-state index is 12.6. The van der Waals surface area contributed by atoms with E-state index in [-0.39, 0.29) is 18.1 Å². The van der Waals surface area contributed by atoms with E-state index in [0.29, 0.717) is 13.0 Å². The molecule has 0 aliphatic carbocycles. The second-order valence-corrected chi connectivity index (χ2v) is 10.3. The molecule has 196 valence electrons. The molecule has 0 aliphatic heterocycles. The third kappa shape index (κ3) is 11.0. The highest BCUT2D eigenvalue weighted by atomic mass is 16.5. The highest BCUT2D eigenvalue weighted by Gasteiger charge is 2.22. The fourth-order valence-corrected chi connectivity index (χ4v) is 3.90. The van der Waals surface area contributed by atoms with Crippen LogP contribution in [0.2, 0.25) is 0 Å². The molecule has 3 aromatic carbocycles. The Hall–Kier alpha value is -3.41. The van der Waals surface area contributed by atoms with Crippen LogP contribution in [0, 0.1) is 5.92 Å². The van der Waals surface area contributed by atoms with Crippen molar-refractivity contribution in [2.45, 2.75) is 58.0 Å². The summed E-state index contributed by atoms with van der Waals surface area (Å²) in [6.07, 6.45) is 3.56. The van der Waals surface area contributed by atoms with Crippen LogP contribution in [0.4, 0.5) is 4.79 Å². The molecule has 0 fully saturated rings. The van der Waals surface area contributed by atoms with Crippen LogP contribution < -0.4 is 5.32 Å². The highest BCUT2D eigenvalue weighted by molar-refractivity contribution is 5.67. The van der Waals surface area contributed by atoms with Crippen LogP contribution in [0.15, 0.2) is 103 Å². The second kappa shape index (κ2) is 14.4. The summed E-state index contributed by atoms with van der Waals surface area (Å²) >= 11 is 0. The van der Waals surface area contributed by atoms with Crippen molar-refractivity contribution in [2.75, 3.05) is 6.61 Å². The molecular weight excluding hydrogens is 462 g/mol. The number of alkyl carbamates (subject to hydrolysis) is 1. The van der Waals surface area contributed by atoms with Crippen LogP contribution in [-0.4, -0.2) is 35.6 Å². The number of nitrogens with one attached hydrogen (secondary N) is 1. The summed E-state index contributed by atoms with van der Waals surface area (Å²) < 4.78 is 11.5. The van der Waals surface area contributed by atoms with Gasteiger partial charge in [0.05, 0.1) is 24.4 Å². The van der Waals surface area contributed by atoms with Crippen LogP contribution in [0.1, 0.15) is 37.5 Å². The minimum atomic E-state index is -0.905. The summed E-state index contributed by atoms with van der Waals surface area (Å²) in [5.74, 6) is 0.0682. The zero-order valence-corrected chi connectivity index (χ0v) is 22.0. The largest absolute Gasteiger partial charge is 0.445 e. The molecule has 0 heterocycles. The maximum atomic E-state index is 12.6. The van der Waals surface area contributed by atoms with Gasteiger partial charge in [0.25, 0.3) is 0 Å². The number of aliphatic hydroxyl groups is 1. The Morgan fingerprint density at radius 2 is 1.32 bits per heavy atom. The minimum absolute atomic E-state index is 0.0682. The first-order chi connectivity index (χ1) is 17.8. The lowest BCUT2D eigenvalue weighted by atomic mass is 9.96. The molecule has 0 aromatic heterocycles. The number of hydrogen-bond acceptors (Lipinski definition) is 4. The molecule has 0 unspecified atom stereocenters. The van der Waals surface area contributed by atoms with Crippen molar-refractivity contribution in [3.8, 4) is 0 Å². The Bertz CT molecular complexity index is 1080. The predicted molar refractivity (Wildman–Crippen MR) is 148 cm³/mol. The standard InChI is InChI=1S/C32H39NO4/c1-32(2,3)37-24-28(21-25-13-7-4-8-14-25)19-20-30(34)29(22-26-15-9-5-10-16-26)33-31(35)36-23-27-17-11-6-12-18-27/h4-20,28-30,34H,21-24H2,1-3H3,(H,33,35)/b20-19+/t28-,29-,30+/m0/s1. The van der Waals surface area contributed by atoms with Gasteiger partial charge in [-0.1, -0.05) is 103 Å². The van der Waals surface area contributed by atoms with E-state index in [4.69, 9.17) is 9.47 Å². The van der Waals surface area contributed by atoms with Crippen molar-refractivity contribution >= 4 is 6.09 Å². The fourth-order valence-electron chi connectivity index (χ4n) is 3.90. The van der Waals surface area contributed by atoms with Gasteiger partial charge in [-0.15, -0.1) is 0 Å². The molecule has 0 saturated heterocycles.